The van der Waals surface area contributed by atoms with Crippen molar-refractivity contribution in [2.45, 2.75) is 11.8 Å². The zero-order valence-corrected chi connectivity index (χ0v) is 12.8. The van der Waals surface area contributed by atoms with Crippen molar-refractivity contribution < 1.29 is 32.8 Å². The standard InChI is InChI=1S/C8H6O4.C7H8O3S/c9-7(10)5-1-2-6(4-3-5)8(11)12;1-6-4-2-3-5-7(6)11(8,9)10/h1-4H,(H,9,10)(H,11,12);2-5H,1H3,(H,8,9,10). The summed E-state index contributed by atoms with van der Waals surface area (Å²) in [4.78, 5) is 20.6. The Morgan fingerprint density at radius 1 is 0.826 bits per heavy atom. The van der Waals surface area contributed by atoms with Gasteiger partial charge in [-0.25, -0.2) is 9.59 Å². The maximum Gasteiger partial charge on any atom is 0.335 e. The second-order valence-electron chi connectivity index (χ2n) is 4.43. The van der Waals surface area contributed by atoms with Crippen molar-refractivity contribution in [3.63, 3.8) is 0 Å². The predicted octanol–water partition coefficient (Wildman–Crippen LogP) is 2.32. The fourth-order valence-corrected chi connectivity index (χ4v) is 2.33. The molecule has 0 bridgehead atoms. The van der Waals surface area contributed by atoms with Gasteiger partial charge >= 0.3 is 11.9 Å². The van der Waals surface area contributed by atoms with Crippen LogP contribution >= 0.6 is 0 Å². The average Bonchev–Trinajstić information content (AvgIpc) is 2.47. The van der Waals surface area contributed by atoms with Crippen molar-refractivity contribution in [1.82, 2.24) is 0 Å². The van der Waals surface area contributed by atoms with Crippen molar-refractivity contribution in [3.05, 3.63) is 65.2 Å². The summed E-state index contributed by atoms with van der Waals surface area (Å²) in [6.45, 7) is 1.63. The smallest absolute Gasteiger partial charge is 0.335 e. The van der Waals surface area contributed by atoms with Crippen molar-refractivity contribution in [2.24, 2.45) is 0 Å². The number of hydrogen-bond donors (Lipinski definition) is 3. The van der Waals surface area contributed by atoms with E-state index >= 15 is 0 Å². The molecule has 3 N–H and O–H groups in total. The van der Waals surface area contributed by atoms with E-state index in [0.29, 0.717) is 5.56 Å². The summed E-state index contributed by atoms with van der Waals surface area (Å²) in [5.41, 5.74) is 0.718. The zero-order valence-electron chi connectivity index (χ0n) is 12.0. The first-order chi connectivity index (χ1) is 10.6. The molecule has 8 heteroatoms. The lowest BCUT2D eigenvalue weighted by molar-refractivity contribution is 0.0681. The van der Waals surface area contributed by atoms with Gasteiger partial charge in [-0.1, -0.05) is 18.2 Å². The topological polar surface area (TPSA) is 129 Å². The number of benzene rings is 2. The van der Waals surface area contributed by atoms with Crippen LogP contribution in [-0.4, -0.2) is 35.1 Å². The van der Waals surface area contributed by atoms with E-state index in [4.69, 9.17) is 14.8 Å². The summed E-state index contributed by atoms with van der Waals surface area (Å²) in [6.07, 6.45) is 0. The van der Waals surface area contributed by atoms with Gasteiger partial charge in [0.2, 0.25) is 0 Å². The molecule has 0 radical (unpaired) electrons. The Labute approximate surface area is 132 Å². The molecule has 0 aromatic heterocycles. The second kappa shape index (κ2) is 7.52. The van der Waals surface area contributed by atoms with Crippen LogP contribution in [0.4, 0.5) is 0 Å². The molecule has 7 nitrogen and oxygen atoms in total. The molecule has 0 amide bonds. The Balaban J connectivity index is 0.000000231. The number of aromatic carboxylic acids is 2. The molecule has 0 atom stereocenters. The highest BCUT2D eigenvalue weighted by atomic mass is 32.2. The molecule has 23 heavy (non-hydrogen) atoms. The molecular weight excluding hydrogens is 324 g/mol. The van der Waals surface area contributed by atoms with Gasteiger partial charge in [0.05, 0.1) is 16.0 Å². The predicted molar refractivity (Wildman–Crippen MR) is 81.4 cm³/mol. The van der Waals surface area contributed by atoms with Crippen LogP contribution in [0.2, 0.25) is 0 Å². The molecule has 0 fully saturated rings. The van der Waals surface area contributed by atoms with E-state index < -0.39 is 22.1 Å². The summed E-state index contributed by atoms with van der Waals surface area (Å²) in [5.74, 6) is -2.13. The van der Waals surface area contributed by atoms with E-state index in [9.17, 15) is 18.0 Å². The number of rotatable bonds is 3. The highest BCUT2D eigenvalue weighted by Gasteiger charge is 2.10. The van der Waals surface area contributed by atoms with Gasteiger partial charge in [-0.15, -0.1) is 0 Å². The number of carbonyl (C=O) groups is 2. The Hall–Kier alpha value is -2.71. The van der Waals surface area contributed by atoms with E-state index in [1.807, 2.05) is 0 Å². The Morgan fingerprint density at radius 2 is 1.22 bits per heavy atom. The third-order valence-corrected chi connectivity index (χ3v) is 3.76. The first kappa shape index (κ1) is 18.3. The van der Waals surface area contributed by atoms with Crippen LogP contribution in [0.3, 0.4) is 0 Å². The van der Waals surface area contributed by atoms with E-state index in [1.54, 1.807) is 25.1 Å². The highest BCUT2D eigenvalue weighted by molar-refractivity contribution is 7.85. The molecule has 0 spiro atoms. The van der Waals surface area contributed by atoms with Crippen LogP contribution < -0.4 is 0 Å². The molecule has 2 aromatic carbocycles. The first-order valence-corrected chi connectivity index (χ1v) is 7.66. The molecule has 0 aliphatic heterocycles. The van der Waals surface area contributed by atoms with Crippen LogP contribution in [0.25, 0.3) is 0 Å². The third-order valence-electron chi connectivity index (χ3n) is 2.75. The molecule has 2 rings (SSSR count). The normalized spacial score (nSPS) is 10.3. The SMILES string of the molecule is Cc1ccccc1S(=O)(=O)O.O=C(O)c1ccc(C(=O)O)cc1. The van der Waals surface area contributed by atoms with Crippen LogP contribution in [0.5, 0.6) is 0 Å². The fourth-order valence-electron chi connectivity index (χ4n) is 1.60. The fraction of sp³-hybridized carbons (Fsp3) is 0.0667. The average molecular weight is 338 g/mol. The molecule has 0 aliphatic carbocycles. The molecule has 0 aliphatic rings. The molecule has 122 valence electrons. The highest BCUT2D eigenvalue weighted by Crippen LogP contribution is 2.12. The molecule has 0 saturated carbocycles. The molecular formula is C15H14O7S. The van der Waals surface area contributed by atoms with Gasteiger partial charge in [0.15, 0.2) is 0 Å². The quantitative estimate of drug-likeness (QED) is 0.732. The van der Waals surface area contributed by atoms with Gasteiger partial charge in [0, 0.05) is 0 Å². The number of hydrogen-bond acceptors (Lipinski definition) is 4. The summed E-state index contributed by atoms with van der Waals surface area (Å²) in [5, 5.41) is 16.9. The van der Waals surface area contributed by atoms with E-state index in [-0.39, 0.29) is 16.0 Å². The summed E-state index contributed by atoms with van der Waals surface area (Å²) in [7, 11) is -4.03. The largest absolute Gasteiger partial charge is 0.478 e. The van der Waals surface area contributed by atoms with Gasteiger partial charge in [0.25, 0.3) is 10.1 Å². The summed E-state index contributed by atoms with van der Waals surface area (Å²) < 4.78 is 29.9. The molecule has 0 saturated heterocycles. The Morgan fingerprint density at radius 3 is 1.48 bits per heavy atom. The maximum atomic E-state index is 10.6. The van der Waals surface area contributed by atoms with Crippen LogP contribution in [0, 0.1) is 6.92 Å². The Bertz CT molecular complexity index is 775. The van der Waals surface area contributed by atoms with Gasteiger partial charge < -0.3 is 10.2 Å². The third kappa shape index (κ3) is 5.53. The van der Waals surface area contributed by atoms with Crippen LogP contribution in [0.1, 0.15) is 26.3 Å². The van der Waals surface area contributed by atoms with E-state index in [1.165, 1.54) is 30.3 Å². The van der Waals surface area contributed by atoms with Gasteiger partial charge in [-0.05, 0) is 42.8 Å². The maximum absolute atomic E-state index is 10.6. The Kier molecular flexibility index (Phi) is 6.00. The van der Waals surface area contributed by atoms with E-state index in [2.05, 4.69) is 0 Å². The van der Waals surface area contributed by atoms with E-state index in [0.717, 1.165) is 0 Å². The summed E-state index contributed by atoms with van der Waals surface area (Å²) >= 11 is 0. The van der Waals surface area contributed by atoms with Crippen molar-refractivity contribution in [2.75, 3.05) is 0 Å². The lowest BCUT2D eigenvalue weighted by atomic mass is 10.1. The zero-order chi connectivity index (χ0) is 17.6. The molecule has 2 aromatic rings. The van der Waals surface area contributed by atoms with Crippen molar-refractivity contribution in [3.8, 4) is 0 Å². The van der Waals surface area contributed by atoms with Crippen molar-refractivity contribution in [1.29, 1.82) is 0 Å². The minimum atomic E-state index is -4.03. The molecule has 0 unspecified atom stereocenters. The van der Waals surface area contributed by atoms with Gasteiger partial charge in [0.1, 0.15) is 0 Å². The second-order valence-corrected chi connectivity index (χ2v) is 5.82. The van der Waals surface area contributed by atoms with Crippen LogP contribution in [0.15, 0.2) is 53.4 Å². The minimum Gasteiger partial charge on any atom is -0.478 e. The van der Waals surface area contributed by atoms with Crippen molar-refractivity contribution >= 4 is 22.1 Å². The number of carboxylic acids is 2. The van der Waals surface area contributed by atoms with Gasteiger partial charge in [-0.2, -0.15) is 8.42 Å². The minimum absolute atomic E-state index is 0.0278. The number of aryl methyl sites for hydroxylation is 1. The lowest BCUT2D eigenvalue weighted by Crippen LogP contribution is -1.99. The lowest BCUT2D eigenvalue weighted by Gasteiger charge is -1.99. The summed E-state index contributed by atoms with van der Waals surface area (Å²) in [6, 6.07) is 11.3. The first-order valence-electron chi connectivity index (χ1n) is 6.22. The molecule has 0 heterocycles. The van der Waals surface area contributed by atoms with Gasteiger partial charge in [-0.3, -0.25) is 4.55 Å². The monoisotopic (exact) mass is 338 g/mol. The van der Waals surface area contributed by atoms with Crippen LogP contribution in [-0.2, 0) is 10.1 Å². The number of carboxylic acid groups (broad SMARTS) is 2.